The van der Waals surface area contributed by atoms with Gasteiger partial charge in [-0.15, -0.1) is 0 Å². The lowest BCUT2D eigenvalue weighted by Gasteiger charge is -2.24. The maximum atomic E-state index is 12.5. The van der Waals surface area contributed by atoms with Crippen LogP contribution in [0.5, 0.6) is 0 Å². The van der Waals surface area contributed by atoms with Crippen molar-refractivity contribution in [3.05, 3.63) is 28.2 Å². The van der Waals surface area contributed by atoms with Crippen molar-refractivity contribution >= 4 is 27.5 Å². The summed E-state index contributed by atoms with van der Waals surface area (Å²) in [6.07, 6.45) is -3.17. The minimum absolute atomic E-state index is 0.163. The Kier molecular flexibility index (Phi) is 3.75. The normalized spacial score (nSPS) is 15.4. The number of nitrogens with two attached hydrogens (primary N) is 1. The van der Waals surface area contributed by atoms with Crippen molar-refractivity contribution in [3.8, 4) is 0 Å². The zero-order valence-corrected chi connectivity index (χ0v) is 11.5. The van der Waals surface area contributed by atoms with E-state index in [4.69, 9.17) is 5.73 Å². The summed E-state index contributed by atoms with van der Waals surface area (Å²) in [7, 11) is 0. The minimum atomic E-state index is -4.40. The van der Waals surface area contributed by atoms with E-state index in [1.807, 2.05) is 0 Å². The van der Waals surface area contributed by atoms with Crippen LogP contribution in [0.3, 0.4) is 0 Å². The van der Waals surface area contributed by atoms with E-state index >= 15 is 0 Å². The Bertz CT molecular complexity index is 500. The molecule has 1 fully saturated rings. The Morgan fingerprint density at radius 2 is 2.05 bits per heavy atom. The number of carbonyl (C=O) groups excluding carboxylic acids is 1. The second-order valence-electron chi connectivity index (χ2n) is 4.49. The highest BCUT2D eigenvalue weighted by molar-refractivity contribution is 9.10. The highest BCUT2D eigenvalue weighted by Crippen LogP contribution is 2.33. The maximum absolute atomic E-state index is 12.5. The molecule has 0 aliphatic heterocycles. The summed E-state index contributed by atoms with van der Waals surface area (Å²) in [5.41, 5.74) is 6.13. The van der Waals surface area contributed by atoms with Gasteiger partial charge < -0.3 is 10.6 Å². The van der Waals surface area contributed by atoms with E-state index in [1.165, 1.54) is 6.07 Å². The molecule has 0 spiro atoms. The van der Waals surface area contributed by atoms with Crippen molar-refractivity contribution < 1.29 is 18.0 Å². The molecule has 1 aromatic rings. The number of hydrogen-bond acceptors (Lipinski definition) is 2. The first-order valence-electron chi connectivity index (χ1n) is 5.71. The Balaban J connectivity index is 2.27. The molecule has 1 aromatic carbocycles. The van der Waals surface area contributed by atoms with Crippen molar-refractivity contribution in [1.82, 2.24) is 4.90 Å². The standard InChI is InChI=1S/C12H12BrF3N2O/c13-10-8(2-1-3-9(10)17)11(19)18(7-4-5-7)6-12(14,15)16/h1-3,7H,4-6,17H2. The number of benzene rings is 1. The lowest BCUT2D eigenvalue weighted by atomic mass is 10.1. The number of amides is 1. The van der Waals surface area contributed by atoms with Gasteiger partial charge in [0.2, 0.25) is 0 Å². The van der Waals surface area contributed by atoms with Crippen molar-refractivity contribution in [1.29, 1.82) is 0 Å². The molecule has 2 rings (SSSR count). The van der Waals surface area contributed by atoms with Crippen molar-refractivity contribution in [3.63, 3.8) is 0 Å². The number of anilines is 1. The molecule has 1 saturated carbocycles. The fourth-order valence-electron chi connectivity index (χ4n) is 1.82. The monoisotopic (exact) mass is 336 g/mol. The van der Waals surface area contributed by atoms with Crippen LogP contribution in [0.2, 0.25) is 0 Å². The lowest BCUT2D eigenvalue weighted by Crippen LogP contribution is -2.40. The molecule has 1 amide bonds. The van der Waals surface area contributed by atoms with Crippen LogP contribution in [0, 0.1) is 0 Å². The molecule has 1 aliphatic carbocycles. The van der Waals surface area contributed by atoms with Crippen LogP contribution in [0.15, 0.2) is 22.7 Å². The van der Waals surface area contributed by atoms with Gasteiger partial charge in [0, 0.05) is 11.7 Å². The topological polar surface area (TPSA) is 46.3 Å². The molecule has 19 heavy (non-hydrogen) atoms. The first-order chi connectivity index (χ1) is 8.79. The lowest BCUT2D eigenvalue weighted by molar-refractivity contribution is -0.141. The van der Waals surface area contributed by atoms with E-state index < -0.39 is 18.6 Å². The first kappa shape index (κ1) is 14.2. The van der Waals surface area contributed by atoms with Crippen LogP contribution in [-0.2, 0) is 0 Å². The van der Waals surface area contributed by atoms with E-state index in [0.29, 0.717) is 23.0 Å². The number of nitrogens with zero attached hydrogens (tertiary/aromatic N) is 1. The second-order valence-corrected chi connectivity index (χ2v) is 5.28. The zero-order chi connectivity index (χ0) is 14.2. The molecular formula is C12H12BrF3N2O. The average molecular weight is 337 g/mol. The molecular weight excluding hydrogens is 325 g/mol. The molecule has 0 bridgehead atoms. The van der Waals surface area contributed by atoms with Crippen LogP contribution in [0.25, 0.3) is 0 Å². The fraction of sp³-hybridized carbons (Fsp3) is 0.417. The van der Waals surface area contributed by atoms with Gasteiger partial charge in [0.25, 0.3) is 5.91 Å². The third-order valence-electron chi connectivity index (χ3n) is 2.86. The maximum Gasteiger partial charge on any atom is 0.406 e. The van der Waals surface area contributed by atoms with E-state index in [-0.39, 0.29) is 11.6 Å². The Labute approximate surface area is 116 Å². The average Bonchev–Trinajstić information content (AvgIpc) is 3.12. The third kappa shape index (κ3) is 3.40. The van der Waals surface area contributed by atoms with Crippen LogP contribution in [0.4, 0.5) is 18.9 Å². The minimum Gasteiger partial charge on any atom is -0.398 e. The predicted octanol–water partition coefficient (Wildman–Crippen LogP) is 3.20. The van der Waals surface area contributed by atoms with Gasteiger partial charge in [-0.25, -0.2) is 0 Å². The third-order valence-corrected chi connectivity index (χ3v) is 3.74. The smallest absolute Gasteiger partial charge is 0.398 e. The summed E-state index contributed by atoms with van der Waals surface area (Å²) in [5, 5.41) is 0. The van der Waals surface area contributed by atoms with E-state index in [9.17, 15) is 18.0 Å². The zero-order valence-electron chi connectivity index (χ0n) is 9.88. The van der Waals surface area contributed by atoms with Gasteiger partial charge in [0.05, 0.1) is 10.0 Å². The molecule has 0 radical (unpaired) electrons. The van der Waals surface area contributed by atoms with Gasteiger partial charge in [-0.3, -0.25) is 4.79 Å². The molecule has 0 unspecified atom stereocenters. The number of carbonyl (C=O) groups is 1. The summed E-state index contributed by atoms with van der Waals surface area (Å²) in [6, 6.07) is 4.27. The van der Waals surface area contributed by atoms with E-state index in [1.54, 1.807) is 12.1 Å². The summed E-state index contributed by atoms with van der Waals surface area (Å²) in [4.78, 5) is 13.1. The molecule has 1 aliphatic rings. The molecule has 2 N–H and O–H groups in total. The Morgan fingerprint density at radius 3 is 2.58 bits per heavy atom. The van der Waals surface area contributed by atoms with E-state index in [2.05, 4.69) is 15.9 Å². The SMILES string of the molecule is Nc1cccc(C(=O)N(CC(F)(F)F)C2CC2)c1Br. The van der Waals surface area contributed by atoms with Gasteiger partial charge in [-0.2, -0.15) is 13.2 Å². The number of hydrogen-bond donors (Lipinski definition) is 1. The van der Waals surface area contributed by atoms with E-state index in [0.717, 1.165) is 4.90 Å². The van der Waals surface area contributed by atoms with Crippen LogP contribution < -0.4 is 5.73 Å². The van der Waals surface area contributed by atoms with Crippen molar-refractivity contribution in [2.45, 2.75) is 25.1 Å². The molecule has 0 saturated heterocycles. The summed E-state index contributed by atoms with van der Waals surface area (Å²) < 4.78 is 37.9. The molecule has 104 valence electrons. The first-order valence-corrected chi connectivity index (χ1v) is 6.50. The summed E-state index contributed by atoms with van der Waals surface area (Å²) in [6.45, 7) is -1.22. The Morgan fingerprint density at radius 1 is 1.42 bits per heavy atom. The van der Waals surface area contributed by atoms with Gasteiger partial charge in [-0.1, -0.05) is 6.07 Å². The molecule has 0 heterocycles. The van der Waals surface area contributed by atoms with Crippen molar-refractivity contribution in [2.24, 2.45) is 0 Å². The highest BCUT2D eigenvalue weighted by Gasteiger charge is 2.41. The largest absolute Gasteiger partial charge is 0.406 e. The van der Waals surface area contributed by atoms with Crippen LogP contribution >= 0.6 is 15.9 Å². The van der Waals surface area contributed by atoms with Gasteiger partial charge in [0.1, 0.15) is 6.54 Å². The summed E-state index contributed by atoms with van der Waals surface area (Å²) >= 11 is 3.14. The van der Waals surface area contributed by atoms with Crippen LogP contribution in [-0.4, -0.2) is 29.6 Å². The Hall–Kier alpha value is -1.24. The fourth-order valence-corrected chi connectivity index (χ4v) is 2.25. The second kappa shape index (κ2) is 5.03. The predicted molar refractivity (Wildman–Crippen MR) is 68.7 cm³/mol. The highest BCUT2D eigenvalue weighted by atomic mass is 79.9. The van der Waals surface area contributed by atoms with Crippen LogP contribution in [0.1, 0.15) is 23.2 Å². The van der Waals surface area contributed by atoms with Gasteiger partial charge in [0.15, 0.2) is 0 Å². The van der Waals surface area contributed by atoms with Crippen molar-refractivity contribution in [2.75, 3.05) is 12.3 Å². The molecule has 3 nitrogen and oxygen atoms in total. The number of halogens is 4. The van der Waals surface area contributed by atoms with Gasteiger partial charge in [-0.05, 0) is 40.9 Å². The quantitative estimate of drug-likeness (QED) is 0.861. The summed E-state index contributed by atoms with van der Waals surface area (Å²) in [5.74, 6) is -0.640. The number of rotatable bonds is 3. The number of nitrogen functional groups attached to an aromatic ring is 1. The molecule has 7 heteroatoms. The number of alkyl halides is 3. The molecule has 0 atom stereocenters. The van der Waals surface area contributed by atoms with Gasteiger partial charge >= 0.3 is 6.18 Å². The molecule has 0 aromatic heterocycles.